The highest BCUT2D eigenvalue weighted by Crippen LogP contribution is 2.27. The van der Waals surface area contributed by atoms with Crippen molar-refractivity contribution in [2.75, 3.05) is 16.0 Å². The minimum Gasteiger partial charge on any atom is -0.368 e. The molecule has 2 heterocycles. The first-order valence-corrected chi connectivity index (χ1v) is 9.45. The smallest absolute Gasteiger partial charge is 0.236 e. The number of nitrogen functional groups attached to an aromatic ring is 1. The normalized spacial score (nSPS) is 10.7. The van der Waals surface area contributed by atoms with Crippen molar-refractivity contribution in [1.29, 1.82) is 0 Å². The highest BCUT2D eigenvalue weighted by Gasteiger charge is 2.17. The molecule has 0 aliphatic rings. The van der Waals surface area contributed by atoms with E-state index in [1.807, 2.05) is 31.2 Å². The molecule has 0 spiro atoms. The van der Waals surface area contributed by atoms with E-state index >= 15 is 0 Å². The van der Waals surface area contributed by atoms with Crippen molar-refractivity contribution in [3.8, 4) is 0 Å². The van der Waals surface area contributed by atoms with E-state index in [0.29, 0.717) is 11.3 Å². The standard InChI is InChI=1S/C22H19F2N7/c1-14-2-6-17(7-3-14)27-21-28-20(25)29-22(30-21)31(18-8-4-16(23)5-9-18)13-15-10-11-26-19(24)12-15/h2-12H,13H2,1H3,(H3,25,27,28,29,30). The lowest BCUT2D eigenvalue weighted by Crippen LogP contribution is -2.21. The molecule has 0 saturated carbocycles. The van der Waals surface area contributed by atoms with Crippen LogP contribution in [0.1, 0.15) is 11.1 Å². The van der Waals surface area contributed by atoms with Crippen LogP contribution in [0.5, 0.6) is 0 Å². The zero-order valence-electron chi connectivity index (χ0n) is 16.6. The predicted molar refractivity (Wildman–Crippen MR) is 115 cm³/mol. The van der Waals surface area contributed by atoms with Crippen LogP contribution >= 0.6 is 0 Å². The maximum Gasteiger partial charge on any atom is 0.236 e. The first-order chi connectivity index (χ1) is 15.0. The third-order valence-electron chi connectivity index (χ3n) is 4.46. The fourth-order valence-corrected chi connectivity index (χ4v) is 2.95. The molecule has 2 aromatic heterocycles. The summed E-state index contributed by atoms with van der Waals surface area (Å²) in [6.45, 7) is 2.20. The van der Waals surface area contributed by atoms with E-state index in [2.05, 4.69) is 25.3 Å². The van der Waals surface area contributed by atoms with Gasteiger partial charge in [0.05, 0.1) is 6.54 Å². The summed E-state index contributed by atoms with van der Waals surface area (Å²) in [6, 6.07) is 16.5. The number of nitrogens with zero attached hydrogens (tertiary/aromatic N) is 5. The maximum atomic E-state index is 13.6. The summed E-state index contributed by atoms with van der Waals surface area (Å²) in [5, 5.41) is 3.10. The van der Waals surface area contributed by atoms with Gasteiger partial charge in [0.15, 0.2) is 0 Å². The van der Waals surface area contributed by atoms with Crippen LogP contribution in [0.2, 0.25) is 0 Å². The van der Waals surface area contributed by atoms with E-state index in [4.69, 9.17) is 5.73 Å². The Morgan fingerprint density at radius 1 is 0.935 bits per heavy atom. The van der Waals surface area contributed by atoms with Crippen molar-refractivity contribution in [3.63, 3.8) is 0 Å². The average molecular weight is 419 g/mol. The second kappa shape index (κ2) is 8.70. The number of aromatic nitrogens is 4. The number of aryl methyl sites for hydroxylation is 1. The van der Waals surface area contributed by atoms with Crippen LogP contribution in [0.25, 0.3) is 0 Å². The first kappa shape index (κ1) is 20.1. The van der Waals surface area contributed by atoms with Gasteiger partial charge in [-0.1, -0.05) is 17.7 Å². The van der Waals surface area contributed by atoms with Crippen molar-refractivity contribution < 1.29 is 8.78 Å². The van der Waals surface area contributed by atoms with Crippen molar-refractivity contribution in [2.45, 2.75) is 13.5 Å². The summed E-state index contributed by atoms with van der Waals surface area (Å²) in [4.78, 5) is 18.1. The van der Waals surface area contributed by atoms with Gasteiger partial charge in [0.25, 0.3) is 0 Å². The lowest BCUT2D eigenvalue weighted by atomic mass is 10.2. The molecule has 0 fully saturated rings. The fourth-order valence-electron chi connectivity index (χ4n) is 2.95. The Balaban J connectivity index is 1.72. The third-order valence-corrected chi connectivity index (χ3v) is 4.46. The van der Waals surface area contributed by atoms with Gasteiger partial charge in [-0.15, -0.1) is 0 Å². The molecular weight excluding hydrogens is 400 g/mol. The number of benzene rings is 2. The molecule has 31 heavy (non-hydrogen) atoms. The molecule has 9 heteroatoms. The van der Waals surface area contributed by atoms with Crippen molar-refractivity contribution >= 4 is 29.2 Å². The molecule has 2 aromatic carbocycles. The highest BCUT2D eigenvalue weighted by atomic mass is 19.1. The Hall–Kier alpha value is -4.14. The molecule has 0 unspecified atom stereocenters. The molecule has 3 N–H and O–H groups in total. The number of hydrogen-bond donors (Lipinski definition) is 2. The van der Waals surface area contributed by atoms with Crippen molar-refractivity contribution in [2.24, 2.45) is 0 Å². The summed E-state index contributed by atoms with van der Waals surface area (Å²) < 4.78 is 27.1. The maximum absolute atomic E-state index is 13.6. The molecular formula is C22H19F2N7. The number of pyridine rings is 1. The summed E-state index contributed by atoms with van der Waals surface area (Å²) in [5.74, 6) is -0.498. The summed E-state index contributed by atoms with van der Waals surface area (Å²) >= 11 is 0. The molecule has 0 bridgehead atoms. The molecule has 4 rings (SSSR count). The quantitative estimate of drug-likeness (QED) is 0.444. The van der Waals surface area contributed by atoms with Gasteiger partial charge in [-0.2, -0.15) is 19.3 Å². The summed E-state index contributed by atoms with van der Waals surface area (Å²) in [6.07, 6.45) is 1.37. The van der Waals surface area contributed by atoms with Gasteiger partial charge in [-0.25, -0.2) is 9.37 Å². The molecule has 0 aliphatic carbocycles. The Bertz CT molecular complexity index is 1180. The molecule has 156 valence electrons. The van der Waals surface area contributed by atoms with Gasteiger partial charge < -0.3 is 16.0 Å². The van der Waals surface area contributed by atoms with E-state index in [9.17, 15) is 8.78 Å². The van der Waals surface area contributed by atoms with Crippen LogP contribution < -0.4 is 16.0 Å². The van der Waals surface area contributed by atoms with E-state index in [0.717, 1.165) is 11.3 Å². The minimum atomic E-state index is -0.603. The molecule has 0 atom stereocenters. The highest BCUT2D eigenvalue weighted by molar-refractivity contribution is 5.61. The third kappa shape index (κ3) is 5.08. The van der Waals surface area contributed by atoms with Crippen LogP contribution in [0.4, 0.5) is 38.0 Å². The zero-order valence-corrected chi connectivity index (χ0v) is 16.6. The number of anilines is 5. The number of hydrogen-bond acceptors (Lipinski definition) is 7. The van der Waals surface area contributed by atoms with Crippen molar-refractivity contribution in [3.05, 3.63) is 89.8 Å². The van der Waals surface area contributed by atoms with E-state index < -0.39 is 5.95 Å². The Morgan fingerprint density at radius 2 is 1.68 bits per heavy atom. The number of nitrogens with two attached hydrogens (primary N) is 1. The van der Waals surface area contributed by atoms with Crippen LogP contribution in [0.15, 0.2) is 66.9 Å². The Kier molecular flexibility index (Phi) is 5.65. The summed E-state index contributed by atoms with van der Waals surface area (Å²) in [7, 11) is 0. The van der Waals surface area contributed by atoms with Gasteiger partial charge >= 0.3 is 0 Å². The van der Waals surface area contributed by atoms with Gasteiger partial charge in [-0.05, 0) is 61.0 Å². The predicted octanol–water partition coefficient (Wildman–Crippen LogP) is 4.52. The second-order valence-electron chi connectivity index (χ2n) is 6.86. The Labute approximate surface area is 177 Å². The van der Waals surface area contributed by atoms with E-state index in [1.54, 1.807) is 23.1 Å². The lowest BCUT2D eigenvalue weighted by Gasteiger charge is -2.23. The first-order valence-electron chi connectivity index (χ1n) is 9.45. The van der Waals surface area contributed by atoms with E-state index in [-0.39, 0.29) is 30.2 Å². The van der Waals surface area contributed by atoms with Gasteiger partial charge in [0.2, 0.25) is 23.8 Å². The lowest BCUT2D eigenvalue weighted by molar-refractivity contribution is 0.581. The topological polar surface area (TPSA) is 92.8 Å². The molecule has 0 aliphatic heterocycles. The van der Waals surface area contributed by atoms with Crippen LogP contribution in [0.3, 0.4) is 0 Å². The Morgan fingerprint density at radius 3 is 2.39 bits per heavy atom. The van der Waals surface area contributed by atoms with Crippen molar-refractivity contribution in [1.82, 2.24) is 19.9 Å². The monoisotopic (exact) mass is 419 g/mol. The SMILES string of the molecule is Cc1ccc(Nc2nc(N)nc(N(Cc3ccnc(F)c3)c3ccc(F)cc3)n2)cc1. The van der Waals surface area contributed by atoms with E-state index in [1.165, 1.54) is 24.4 Å². The second-order valence-corrected chi connectivity index (χ2v) is 6.86. The fraction of sp³-hybridized carbons (Fsp3) is 0.0909. The van der Waals surface area contributed by atoms with Gasteiger partial charge in [0.1, 0.15) is 5.82 Å². The number of nitrogens with one attached hydrogen (secondary N) is 1. The number of halogens is 2. The zero-order chi connectivity index (χ0) is 21.8. The summed E-state index contributed by atoms with van der Waals surface area (Å²) in [5.41, 5.74) is 9.07. The molecule has 0 saturated heterocycles. The average Bonchev–Trinajstić information content (AvgIpc) is 2.74. The van der Waals surface area contributed by atoms with Gasteiger partial charge in [-0.3, -0.25) is 0 Å². The number of rotatable bonds is 6. The molecule has 0 amide bonds. The van der Waals surface area contributed by atoms with Crippen LogP contribution in [-0.4, -0.2) is 19.9 Å². The minimum absolute atomic E-state index is 0.00707. The molecule has 4 aromatic rings. The molecule has 7 nitrogen and oxygen atoms in total. The largest absolute Gasteiger partial charge is 0.368 e. The van der Waals surface area contributed by atoms with Gasteiger partial charge in [0, 0.05) is 17.6 Å². The molecule has 0 radical (unpaired) electrons. The van der Waals surface area contributed by atoms with Crippen LogP contribution in [-0.2, 0) is 6.54 Å². The van der Waals surface area contributed by atoms with Crippen LogP contribution in [0, 0.1) is 18.7 Å².